The zero-order chi connectivity index (χ0) is 22.6. The van der Waals surface area contributed by atoms with Gasteiger partial charge in [0.15, 0.2) is 0 Å². The number of fused-ring (bicyclic) bond motifs is 2. The van der Waals surface area contributed by atoms with Gasteiger partial charge in [0, 0.05) is 22.9 Å². The molecule has 0 aliphatic heterocycles. The minimum absolute atomic E-state index is 0.0250. The summed E-state index contributed by atoms with van der Waals surface area (Å²) in [4.78, 5) is 25.3. The first-order chi connectivity index (χ1) is 15.3. The fraction of sp³-hybridized carbons (Fsp3) is 0.0769. The van der Waals surface area contributed by atoms with E-state index in [0.29, 0.717) is 33.4 Å². The van der Waals surface area contributed by atoms with Crippen molar-refractivity contribution in [2.24, 2.45) is 0 Å². The zero-order valence-corrected chi connectivity index (χ0v) is 17.3. The maximum atomic E-state index is 12.7. The molecule has 0 fully saturated rings. The maximum Gasteiger partial charge on any atom is 0.344 e. The third-order valence-electron chi connectivity index (χ3n) is 5.76. The second-order valence-corrected chi connectivity index (χ2v) is 7.72. The first-order valence-electron chi connectivity index (χ1n) is 9.97. The van der Waals surface area contributed by atoms with Gasteiger partial charge in [-0.3, -0.25) is 0 Å². The molecule has 0 aliphatic carbocycles. The minimum Gasteiger partial charge on any atom is -0.508 e. The number of aromatic hydroxyl groups is 2. The molecular weight excluding hydrogens is 408 g/mol. The second kappa shape index (κ2) is 7.13. The SMILES string of the molecule is Cc1c(-c2ccc(-c3c(C)c4ccc(O)cc4oc3=O)cc2)c(=O)oc2cc(O)ccc12. The molecule has 2 N–H and O–H groups in total. The number of phenolic OH excluding ortho intramolecular Hbond substituents is 2. The van der Waals surface area contributed by atoms with Crippen LogP contribution in [-0.2, 0) is 0 Å². The summed E-state index contributed by atoms with van der Waals surface area (Å²) in [5.74, 6) is 0.0499. The number of aryl methyl sites for hydroxylation is 2. The van der Waals surface area contributed by atoms with Crippen molar-refractivity contribution in [1.82, 2.24) is 0 Å². The van der Waals surface area contributed by atoms with Gasteiger partial charge in [-0.1, -0.05) is 24.3 Å². The van der Waals surface area contributed by atoms with Gasteiger partial charge in [0.1, 0.15) is 22.7 Å². The Bertz CT molecular complexity index is 1510. The Morgan fingerprint density at radius 2 is 0.969 bits per heavy atom. The maximum absolute atomic E-state index is 12.7. The van der Waals surface area contributed by atoms with Crippen LogP contribution in [0.2, 0.25) is 0 Å². The fourth-order valence-corrected chi connectivity index (χ4v) is 4.16. The number of phenols is 2. The molecule has 32 heavy (non-hydrogen) atoms. The highest BCUT2D eigenvalue weighted by Gasteiger charge is 2.16. The predicted molar refractivity (Wildman–Crippen MR) is 122 cm³/mol. The van der Waals surface area contributed by atoms with Crippen molar-refractivity contribution in [3.8, 4) is 33.8 Å². The van der Waals surface area contributed by atoms with Gasteiger partial charge in [0.2, 0.25) is 0 Å². The topological polar surface area (TPSA) is 101 Å². The third-order valence-corrected chi connectivity index (χ3v) is 5.76. The van der Waals surface area contributed by atoms with Crippen molar-refractivity contribution in [2.75, 3.05) is 0 Å². The highest BCUT2D eigenvalue weighted by Crippen LogP contribution is 2.32. The Balaban J connectivity index is 1.65. The summed E-state index contributed by atoms with van der Waals surface area (Å²) in [7, 11) is 0. The minimum atomic E-state index is -0.505. The molecule has 0 saturated carbocycles. The van der Waals surface area contributed by atoms with E-state index in [0.717, 1.165) is 21.9 Å². The first kappa shape index (κ1) is 19.6. The Morgan fingerprint density at radius 1 is 0.594 bits per heavy atom. The van der Waals surface area contributed by atoms with Crippen LogP contribution in [0.5, 0.6) is 11.5 Å². The molecule has 0 bridgehead atoms. The Morgan fingerprint density at radius 3 is 1.34 bits per heavy atom. The van der Waals surface area contributed by atoms with Crippen LogP contribution >= 0.6 is 0 Å². The van der Waals surface area contributed by atoms with Crippen molar-refractivity contribution >= 4 is 21.9 Å². The molecule has 5 rings (SSSR count). The lowest BCUT2D eigenvalue weighted by Crippen LogP contribution is -2.07. The fourth-order valence-electron chi connectivity index (χ4n) is 4.16. The lowest BCUT2D eigenvalue weighted by Gasteiger charge is -2.11. The summed E-state index contributed by atoms with van der Waals surface area (Å²) < 4.78 is 10.8. The van der Waals surface area contributed by atoms with E-state index >= 15 is 0 Å². The quantitative estimate of drug-likeness (QED) is 0.373. The molecule has 0 amide bonds. The standard InChI is InChI=1S/C26H18O6/c1-13-19-9-7-17(27)11-21(19)31-25(29)23(13)15-3-5-16(6-4-15)24-14(2)20-10-8-18(28)12-22(20)32-26(24)30/h3-12,27-28H,1-2H3. The van der Waals surface area contributed by atoms with Crippen molar-refractivity contribution < 1.29 is 19.0 Å². The van der Waals surface area contributed by atoms with Crippen LogP contribution in [0.1, 0.15) is 11.1 Å². The van der Waals surface area contributed by atoms with E-state index in [9.17, 15) is 19.8 Å². The molecule has 0 unspecified atom stereocenters. The van der Waals surface area contributed by atoms with Crippen LogP contribution in [0, 0.1) is 13.8 Å². The lowest BCUT2D eigenvalue weighted by molar-refractivity contribution is 0.472. The van der Waals surface area contributed by atoms with Gasteiger partial charge < -0.3 is 19.0 Å². The molecule has 3 aromatic carbocycles. The number of hydrogen-bond acceptors (Lipinski definition) is 6. The van der Waals surface area contributed by atoms with E-state index in [1.807, 2.05) is 13.8 Å². The van der Waals surface area contributed by atoms with Crippen molar-refractivity contribution in [2.45, 2.75) is 13.8 Å². The zero-order valence-electron chi connectivity index (χ0n) is 17.3. The van der Waals surface area contributed by atoms with Crippen molar-refractivity contribution in [3.05, 3.63) is 92.6 Å². The summed E-state index contributed by atoms with van der Waals surface area (Å²) in [6.07, 6.45) is 0. The van der Waals surface area contributed by atoms with Crippen LogP contribution in [0.15, 0.2) is 79.1 Å². The van der Waals surface area contributed by atoms with Gasteiger partial charge in [-0.25, -0.2) is 9.59 Å². The van der Waals surface area contributed by atoms with Crippen LogP contribution in [0.25, 0.3) is 44.2 Å². The highest BCUT2D eigenvalue weighted by molar-refractivity contribution is 5.89. The molecule has 5 aromatic rings. The lowest BCUT2D eigenvalue weighted by atomic mass is 9.95. The molecule has 2 heterocycles. The number of benzene rings is 3. The molecule has 2 aromatic heterocycles. The summed E-state index contributed by atoms with van der Waals surface area (Å²) in [6, 6.07) is 16.4. The van der Waals surface area contributed by atoms with E-state index in [1.54, 1.807) is 48.5 Å². The highest BCUT2D eigenvalue weighted by atomic mass is 16.4. The summed E-state index contributed by atoms with van der Waals surface area (Å²) >= 11 is 0. The average Bonchev–Trinajstić information content (AvgIpc) is 2.74. The van der Waals surface area contributed by atoms with Crippen LogP contribution in [0.3, 0.4) is 0 Å². The molecule has 0 atom stereocenters. The van der Waals surface area contributed by atoms with Gasteiger partial charge in [-0.15, -0.1) is 0 Å². The number of hydrogen-bond donors (Lipinski definition) is 2. The van der Waals surface area contributed by atoms with E-state index < -0.39 is 11.3 Å². The van der Waals surface area contributed by atoms with E-state index in [4.69, 9.17) is 8.83 Å². The smallest absolute Gasteiger partial charge is 0.344 e. The van der Waals surface area contributed by atoms with E-state index in [1.165, 1.54) is 12.1 Å². The average molecular weight is 426 g/mol. The molecular formula is C26H18O6. The Labute approximate surface area is 181 Å². The largest absolute Gasteiger partial charge is 0.508 e. The summed E-state index contributed by atoms with van der Waals surface area (Å²) in [6.45, 7) is 3.66. The first-order valence-corrected chi connectivity index (χ1v) is 9.97. The van der Waals surface area contributed by atoms with Crippen molar-refractivity contribution in [1.29, 1.82) is 0 Å². The molecule has 0 radical (unpaired) electrons. The van der Waals surface area contributed by atoms with E-state index in [-0.39, 0.29) is 11.5 Å². The van der Waals surface area contributed by atoms with Crippen LogP contribution in [0.4, 0.5) is 0 Å². The van der Waals surface area contributed by atoms with E-state index in [2.05, 4.69) is 0 Å². The third kappa shape index (κ3) is 3.04. The van der Waals surface area contributed by atoms with Gasteiger partial charge >= 0.3 is 11.3 Å². The molecule has 6 nitrogen and oxygen atoms in total. The monoisotopic (exact) mass is 426 g/mol. The molecule has 0 spiro atoms. The molecule has 158 valence electrons. The van der Waals surface area contributed by atoms with Gasteiger partial charge in [0.05, 0.1) is 11.1 Å². The number of rotatable bonds is 2. The molecule has 0 saturated heterocycles. The molecule has 6 heteroatoms. The van der Waals surface area contributed by atoms with Gasteiger partial charge in [0.25, 0.3) is 0 Å². The normalized spacial score (nSPS) is 11.3. The van der Waals surface area contributed by atoms with Gasteiger partial charge in [-0.05, 0) is 60.4 Å². The van der Waals surface area contributed by atoms with Crippen LogP contribution in [-0.4, -0.2) is 10.2 Å². The summed E-state index contributed by atoms with van der Waals surface area (Å²) in [5.41, 5.74) is 3.27. The molecule has 0 aliphatic rings. The van der Waals surface area contributed by atoms with Crippen LogP contribution < -0.4 is 11.3 Å². The second-order valence-electron chi connectivity index (χ2n) is 7.72. The summed E-state index contributed by atoms with van der Waals surface area (Å²) in [5, 5.41) is 20.8. The Hall–Kier alpha value is -4.32. The predicted octanol–water partition coefficient (Wildman–Crippen LogP) is 5.26. The van der Waals surface area contributed by atoms with Gasteiger partial charge in [-0.2, -0.15) is 0 Å². The Kier molecular flexibility index (Phi) is 4.37. The van der Waals surface area contributed by atoms with Crippen molar-refractivity contribution in [3.63, 3.8) is 0 Å².